The summed E-state index contributed by atoms with van der Waals surface area (Å²) in [6.45, 7) is 3.59. The molecule has 0 saturated carbocycles. The summed E-state index contributed by atoms with van der Waals surface area (Å²) in [5, 5.41) is 0. The molecule has 0 N–H and O–H groups in total. The van der Waals surface area contributed by atoms with Crippen molar-refractivity contribution in [2.45, 2.75) is 167 Å². The highest BCUT2D eigenvalue weighted by molar-refractivity contribution is 7.48. The van der Waals surface area contributed by atoms with E-state index < -0.39 is 37.9 Å². The molecule has 0 bridgehead atoms. The van der Waals surface area contributed by atoms with Crippen LogP contribution in [0.15, 0.2) is 17.1 Å². The van der Waals surface area contributed by atoms with E-state index in [2.05, 4.69) is 11.9 Å². The zero-order valence-corrected chi connectivity index (χ0v) is 27.4. The van der Waals surface area contributed by atoms with Crippen molar-refractivity contribution < 1.29 is 31.7 Å². The quantitative estimate of drug-likeness (QED) is 0.0877. The number of hydrogen-bond acceptors (Lipinski definition) is 7. The standard InChI is InChI=1S/C32H55F2N2O6P/c1-3-4-5-6-7-8-9-10-11-12-13-14-15-16-17-18-19-20-21-22-25-39-43(38)40-26-28-29(42-43)32(33,34)30(41-28)36-24-23-27(2)35-31(36)37/h23-24,28-30H,3-22,25-26H2,1-2H3/t28-,29-,30-,43?/m1/s1. The fourth-order valence-corrected chi connectivity index (χ4v) is 7.28. The second-order valence-corrected chi connectivity index (χ2v) is 13.9. The van der Waals surface area contributed by atoms with Gasteiger partial charge in [0.25, 0.3) is 0 Å². The van der Waals surface area contributed by atoms with Crippen LogP contribution in [-0.4, -0.2) is 40.9 Å². The van der Waals surface area contributed by atoms with E-state index in [0.29, 0.717) is 12.1 Å². The van der Waals surface area contributed by atoms with Crippen molar-refractivity contribution in [2.24, 2.45) is 0 Å². The van der Waals surface area contributed by atoms with Crippen molar-refractivity contribution in [1.29, 1.82) is 0 Å². The Morgan fingerprint density at radius 1 is 0.884 bits per heavy atom. The molecule has 11 heteroatoms. The van der Waals surface area contributed by atoms with E-state index in [0.717, 1.165) is 23.8 Å². The summed E-state index contributed by atoms with van der Waals surface area (Å²) in [5.74, 6) is -3.62. The number of alkyl halides is 2. The molecule has 0 radical (unpaired) electrons. The molecule has 1 unspecified atom stereocenters. The topological polar surface area (TPSA) is 88.9 Å². The monoisotopic (exact) mass is 632 g/mol. The van der Waals surface area contributed by atoms with Crippen LogP contribution in [0.25, 0.3) is 0 Å². The molecule has 1 aromatic heterocycles. The Kier molecular flexibility index (Phi) is 16.3. The molecule has 0 amide bonds. The number of halogens is 2. The highest BCUT2D eigenvalue weighted by atomic mass is 31.2. The maximum atomic E-state index is 15.2. The minimum absolute atomic E-state index is 0.102. The molecule has 0 spiro atoms. The lowest BCUT2D eigenvalue weighted by Crippen LogP contribution is -2.45. The number of unbranched alkanes of at least 4 members (excludes halogenated alkanes) is 19. The van der Waals surface area contributed by atoms with Gasteiger partial charge in [0, 0.05) is 11.9 Å². The van der Waals surface area contributed by atoms with Crippen molar-refractivity contribution in [3.63, 3.8) is 0 Å². The van der Waals surface area contributed by atoms with Crippen molar-refractivity contribution in [2.75, 3.05) is 13.2 Å². The van der Waals surface area contributed by atoms with Gasteiger partial charge in [0.05, 0.1) is 13.2 Å². The summed E-state index contributed by atoms with van der Waals surface area (Å²) >= 11 is 0. The van der Waals surface area contributed by atoms with E-state index in [1.54, 1.807) is 6.92 Å². The highest BCUT2D eigenvalue weighted by Crippen LogP contribution is 2.59. The Balaban J connectivity index is 1.16. The maximum Gasteiger partial charge on any atom is 0.475 e. The van der Waals surface area contributed by atoms with Crippen LogP contribution >= 0.6 is 7.82 Å². The van der Waals surface area contributed by atoms with Crippen LogP contribution in [0.4, 0.5) is 8.78 Å². The normalized spacial score (nSPS) is 24.8. The molecule has 2 aliphatic heterocycles. The Hall–Kier alpha value is -1.19. The van der Waals surface area contributed by atoms with Crippen LogP contribution in [0.1, 0.15) is 147 Å². The highest BCUT2D eigenvalue weighted by Gasteiger charge is 2.65. The van der Waals surface area contributed by atoms with Crippen LogP contribution in [0, 0.1) is 6.92 Å². The smallest absolute Gasteiger partial charge is 0.343 e. The van der Waals surface area contributed by atoms with Crippen LogP contribution in [0.3, 0.4) is 0 Å². The van der Waals surface area contributed by atoms with Crippen LogP contribution in [0.5, 0.6) is 0 Å². The number of hydrogen-bond donors (Lipinski definition) is 0. The van der Waals surface area contributed by atoms with Gasteiger partial charge in [-0.1, -0.05) is 129 Å². The predicted molar refractivity (Wildman–Crippen MR) is 164 cm³/mol. The van der Waals surface area contributed by atoms with Gasteiger partial charge in [-0.15, -0.1) is 0 Å². The predicted octanol–water partition coefficient (Wildman–Crippen LogP) is 9.45. The molecule has 2 aliphatic rings. The molecule has 4 atom stereocenters. The molecular weight excluding hydrogens is 577 g/mol. The Morgan fingerprint density at radius 2 is 1.37 bits per heavy atom. The lowest BCUT2D eigenvalue weighted by atomic mass is 10.0. The molecule has 3 rings (SSSR count). The third kappa shape index (κ3) is 12.3. The van der Waals surface area contributed by atoms with Crippen molar-refractivity contribution in [3.8, 4) is 0 Å². The van der Waals surface area contributed by atoms with E-state index in [1.807, 2.05) is 0 Å². The lowest BCUT2D eigenvalue weighted by molar-refractivity contribution is -0.138. The molecule has 2 saturated heterocycles. The zero-order chi connectivity index (χ0) is 31.0. The Bertz CT molecular complexity index is 1030. The van der Waals surface area contributed by atoms with Gasteiger partial charge in [-0.3, -0.25) is 18.1 Å². The van der Waals surface area contributed by atoms with Crippen molar-refractivity contribution in [1.82, 2.24) is 9.55 Å². The van der Waals surface area contributed by atoms with Gasteiger partial charge >= 0.3 is 19.4 Å². The fourth-order valence-electron chi connectivity index (χ4n) is 5.84. The molecular formula is C32H55F2N2O6P. The fraction of sp³-hybridized carbons (Fsp3) is 0.875. The van der Waals surface area contributed by atoms with Crippen LogP contribution in [-0.2, 0) is 22.9 Å². The number of ether oxygens (including phenoxy) is 1. The van der Waals surface area contributed by atoms with Gasteiger partial charge in [-0.2, -0.15) is 13.8 Å². The second kappa shape index (κ2) is 19.4. The van der Waals surface area contributed by atoms with Gasteiger partial charge in [0.2, 0.25) is 6.23 Å². The minimum atomic E-state index is -4.16. The third-order valence-corrected chi connectivity index (χ3v) is 9.91. The Labute approximate surface area is 257 Å². The number of nitrogens with zero attached hydrogens (tertiary/aromatic N) is 2. The number of phosphoric acid groups is 1. The number of aryl methyl sites for hydroxylation is 1. The number of phosphoric ester groups is 1. The summed E-state index contributed by atoms with van der Waals surface area (Å²) in [6.07, 6.45) is 21.7. The van der Waals surface area contributed by atoms with Gasteiger partial charge in [0.15, 0.2) is 6.10 Å². The van der Waals surface area contributed by atoms with E-state index in [4.69, 9.17) is 18.3 Å². The SMILES string of the molecule is CCCCCCCCCCCCCCCCCCCCCCOP1(=O)OC[C@H]2O[C@@H](n3ccc(C)nc3=O)C(F)(F)[C@@H]2O1. The summed E-state index contributed by atoms with van der Waals surface area (Å²) < 4.78 is 65.0. The van der Waals surface area contributed by atoms with Gasteiger partial charge in [0.1, 0.15) is 6.10 Å². The molecule has 1 aromatic rings. The summed E-state index contributed by atoms with van der Waals surface area (Å²) in [5.41, 5.74) is -0.453. The average molecular weight is 633 g/mol. The average Bonchev–Trinajstić information content (AvgIpc) is 3.23. The number of rotatable bonds is 23. The first-order valence-electron chi connectivity index (χ1n) is 16.9. The molecule has 0 aliphatic carbocycles. The van der Waals surface area contributed by atoms with Crippen molar-refractivity contribution >= 4 is 7.82 Å². The number of fused-ring (bicyclic) bond motifs is 1. The molecule has 2 fully saturated rings. The lowest BCUT2D eigenvalue weighted by Gasteiger charge is -2.31. The zero-order valence-electron chi connectivity index (χ0n) is 26.5. The summed E-state index contributed by atoms with van der Waals surface area (Å²) in [6, 6.07) is 1.44. The van der Waals surface area contributed by atoms with E-state index in [9.17, 15) is 9.36 Å². The van der Waals surface area contributed by atoms with Gasteiger partial charge < -0.3 is 4.74 Å². The van der Waals surface area contributed by atoms with Gasteiger partial charge in [-0.25, -0.2) is 9.36 Å². The largest absolute Gasteiger partial charge is 0.475 e. The molecule has 3 heterocycles. The minimum Gasteiger partial charge on any atom is -0.343 e. The van der Waals surface area contributed by atoms with E-state index in [-0.39, 0.29) is 13.2 Å². The molecule has 248 valence electrons. The van der Waals surface area contributed by atoms with Gasteiger partial charge in [-0.05, 0) is 19.4 Å². The molecule has 43 heavy (non-hydrogen) atoms. The Morgan fingerprint density at radius 3 is 1.86 bits per heavy atom. The van der Waals surface area contributed by atoms with Crippen LogP contribution < -0.4 is 5.69 Å². The third-order valence-electron chi connectivity index (χ3n) is 8.46. The first-order valence-corrected chi connectivity index (χ1v) is 18.4. The van der Waals surface area contributed by atoms with Crippen LogP contribution in [0.2, 0.25) is 0 Å². The second-order valence-electron chi connectivity index (χ2n) is 12.3. The number of aromatic nitrogens is 2. The van der Waals surface area contributed by atoms with E-state index >= 15 is 8.78 Å². The van der Waals surface area contributed by atoms with Crippen molar-refractivity contribution in [3.05, 3.63) is 28.4 Å². The first-order chi connectivity index (χ1) is 20.8. The van der Waals surface area contributed by atoms with E-state index in [1.165, 1.54) is 115 Å². The maximum absolute atomic E-state index is 15.2. The molecule has 8 nitrogen and oxygen atoms in total. The summed E-state index contributed by atoms with van der Waals surface area (Å²) in [4.78, 5) is 15.8. The first kappa shape index (κ1) is 36.3. The molecule has 0 aromatic carbocycles. The summed E-state index contributed by atoms with van der Waals surface area (Å²) in [7, 11) is -4.16.